The number of aliphatic carboxylic acids is 1. The van der Waals surface area contributed by atoms with Crippen LogP contribution < -0.4 is 0 Å². The number of amides is 1. The van der Waals surface area contributed by atoms with E-state index in [1.807, 2.05) is 0 Å². The van der Waals surface area contributed by atoms with Crippen molar-refractivity contribution >= 4 is 46.3 Å². The first kappa shape index (κ1) is 13.8. The number of aryl methyl sites for hydroxylation is 1. The van der Waals surface area contributed by atoms with Crippen LogP contribution in [0, 0.1) is 6.92 Å². The van der Waals surface area contributed by atoms with Crippen LogP contribution in [0.15, 0.2) is 21.5 Å². The molecule has 0 bridgehead atoms. The van der Waals surface area contributed by atoms with Crippen LogP contribution in [0.4, 0.5) is 0 Å². The second-order valence-corrected chi connectivity index (χ2v) is 5.69. The molecule has 100 valence electrons. The number of carbonyl (C=O) groups is 2. The van der Waals surface area contributed by atoms with Crippen LogP contribution in [0.25, 0.3) is 6.08 Å². The molecule has 0 aromatic carbocycles. The molecular formula is C12H11NO4S2. The Labute approximate surface area is 119 Å². The number of nitrogens with zero attached hydrogens (tertiary/aromatic N) is 1. The first-order valence-corrected chi connectivity index (χ1v) is 6.69. The number of carbonyl (C=O) groups excluding carboxylic acids is 1. The summed E-state index contributed by atoms with van der Waals surface area (Å²) in [5.74, 6) is -0.216. The van der Waals surface area contributed by atoms with Gasteiger partial charge in [-0.05, 0) is 26.0 Å². The highest BCUT2D eigenvalue weighted by Gasteiger charge is 2.38. The van der Waals surface area contributed by atoms with E-state index in [0.29, 0.717) is 10.7 Å². The molecule has 5 nitrogen and oxygen atoms in total. The van der Waals surface area contributed by atoms with Crippen molar-refractivity contribution in [3.05, 3.63) is 28.6 Å². The van der Waals surface area contributed by atoms with Crippen molar-refractivity contribution in [2.75, 3.05) is 0 Å². The Balaban J connectivity index is 2.27. The number of thiocarbonyl (C=S) groups is 1. The van der Waals surface area contributed by atoms with Gasteiger partial charge < -0.3 is 9.52 Å². The Bertz CT molecular complexity index is 590. The van der Waals surface area contributed by atoms with Crippen LogP contribution in [-0.2, 0) is 9.59 Å². The van der Waals surface area contributed by atoms with Gasteiger partial charge in [0.25, 0.3) is 5.91 Å². The molecule has 1 aliphatic heterocycles. The second-order valence-electron chi connectivity index (χ2n) is 4.01. The molecule has 1 N–H and O–H groups in total. The fourth-order valence-corrected chi connectivity index (χ4v) is 2.98. The molecule has 0 spiro atoms. The maximum atomic E-state index is 12.1. The summed E-state index contributed by atoms with van der Waals surface area (Å²) in [6.45, 7) is 3.22. The lowest BCUT2D eigenvalue weighted by atomic mass is 10.3. The van der Waals surface area contributed by atoms with Crippen LogP contribution >= 0.6 is 24.0 Å². The van der Waals surface area contributed by atoms with Crippen molar-refractivity contribution in [3.63, 3.8) is 0 Å². The van der Waals surface area contributed by atoms with E-state index in [1.165, 1.54) is 6.92 Å². The summed E-state index contributed by atoms with van der Waals surface area (Å²) >= 11 is 6.12. The average molecular weight is 297 g/mol. The van der Waals surface area contributed by atoms with Gasteiger partial charge in [-0.25, -0.2) is 4.79 Å². The summed E-state index contributed by atoms with van der Waals surface area (Å²) in [4.78, 5) is 24.5. The molecule has 1 aliphatic rings. The van der Waals surface area contributed by atoms with E-state index in [9.17, 15) is 9.59 Å². The molecule has 1 aromatic rings. The topological polar surface area (TPSA) is 70.8 Å². The molecule has 2 rings (SSSR count). The number of hydrogen-bond donors (Lipinski definition) is 1. The Kier molecular flexibility index (Phi) is 3.77. The van der Waals surface area contributed by atoms with Crippen molar-refractivity contribution in [3.8, 4) is 0 Å². The SMILES string of the molecule is Cc1ccc(/C=C2\SC(=S)N([C@H](C)C(=O)O)C2=O)o1. The van der Waals surface area contributed by atoms with Gasteiger partial charge in [0.1, 0.15) is 21.9 Å². The largest absolute Gasteiger partial charge is 0.480 e. The molecular weight excluding hydrogens is 286 g/mol. The van der Waals surface area contributed by atoms with Crippen LogP contribution in [-0.4, -0.2) is 32.2 Å². The molecule has 0 unspecified atom stereocenters. The molecule has 1 saturated heterocycles. The number of hydrogen-bond acceptors (Lipinski definition) is 5. The zero-order valence-corrected chi connectivity index (χ0v) is 11.9. The van der Waals surface area contributed by atoms with Crippen molar-refractivity contribution < 1.29 is 19.1 Å². The van der Waals surface area contributed by atoms with Crippen LogP contribution in [0.5, 0.6) is 0 Å². The molecule has 1 amide bonds. The van der Waals surface area contributed by atoms with E-state index >= 15 is 0 Å². The van der Waals surface area contributed by atoms with Gasteiger partial charge in [-0.1, -0.05) is 24.0 Å². The molecule has 0 saturated carbocycles. The summed E-state index contributed by atoms with van der Waals surface area (Å²) in [5, 5.41) is 8.96. The van der Waals surface area contributed by atoms with Gasteiger partial charge in [-0.3, -0.25) is 9.69 Å². The predicted octanol–water partition coefficient (Wildman–Crippen LogP) is 2.26. The fraction of sp³-hybridized carbons (Fsp3) is 0.250. The molecule has 1 aromatic heterocycles. The summed E-state index contributed by atoms with van der Waals surface area (Å²) in [5.41, 5.74) is 0. The van der Waals surface area contributed by atoms with Crippen molar-refractivity contribution in [2.45, 2.75) is 19.9 Å². The minimum atomic E-state index is -1.09. The average Bonchev–Trinajstić information content (AvgIpc) is 2.84. The van der Waals surface area contributed by atoms with Crippen LogP contribution in [0.1, 0.15) is 18.4 Å². The predicted molar refractivity (Wildman–Crippen MR) is 75.6 cm³/mol. The monoisotopic (exact) mass is 297 g/mol. The molecule has 7 heteroatoms. The molecule has 0 radical (unpaired) electrons. The summed E-state index contributed by atoms with van der Waals surface area (Å²) in [6.07, 6.45) is 1.57. The first-order chi connectivity index (χ1) is 8.90. The minimum absolute atomic E-state index is 0.245. The van der Waals surface area contributed by atoms with Gasteiger partial charge in [0, 0.05) is 6.08 Å². The molecule has 19 heavy (non-hydrogen) atoms. The second kappa shape index (κ2) is 5.18. The third-order valence-electron chi connectivity index (χ3n) is 2.60. The molecule has 0 aliphatic carbocycles. The van der Waals surface area contributed by atoms with E-state index in [1.54, 1.807) is 25.1 Å². The number of furan rings is 1. The first-order valence-electron chi connectivity index (χ1n) is 5.46. The Morgan fingerprint density at radius 2 is 2.26 bits per heavy atom. The van der Waals surface area contributed by atoms with Crippen LogP contribution in [0.3, 0.4) is 0 Å². The normalized spacial score (nSPS) is 19.3. The lowest BCUT2D eigenvalue weighted by molar-refractivity contribution is -0.144. The highest BCUT2D eigenvalue weighted by Crippen LogP contribution is 2.34. The van der Waals surface area contributed by atoms with Gasteiger partial charge in [-0.2, -0.15) is 0 Å². The maximum absolute atomic E-state index is 12.1. The fourth-order valence-electron chi connectivity index (χ4n) is 1.58. The third-order valence-corrected chi connectivity index (χ3v) is 3.93. The van der Waals surface area contributed by atoms with E-state index in [4.69, 9.17) is 21.7 Å². The number of rotatable bonds is 3. The van der Waals surface area contributed by atoms with E-state index in [2.05, 4.69) is 0 Å². The lowest BCUT2D eigenvalue weighted by Gasteiger charge is -2.18. The summed E-state index contributed by atoms with van der Waals surface area (Å²) < 4.78 is 5.60. The van der Waals surface area contributed by atoms with Gasteiger partial charge in [0.15, 0.2) is 0 Å². The molecule has 1 fully saturated rings. The smallest absolute Gasteiger partial charge is 0.326 e. The standard InChI is InChI=1S/C12H11NO4S2/c1-6-3-4-8(17-6)5-9-10(14)13(12(18)19-9)7(2)11(15)16/h3-5,7H,1-2H3,(H,15,16)/b9-5-/t7-/m1/s1. The highest BCUT2D eigenvalue weighted by atomic mass is 32.2. The number of thioether (sulfide) groups is 1. The number of carboxylic acids is 1. The zero-order chi connectivity index (χ0) is 14.2. The Morgan fingerprint density at radius 1 is 1.58 bits per heavy atom. The lowest BCUT2D eigenvalue weighted by Crippen LogP contribution is -2.41. The third kappa shape index (κ3) is 2.71. The Hall–Kier alpha value is -1.60. The van der Waals surface area contributed by atoms with Gasteiger partial charge in [0.05, 0.1) is 4.91 Å². The van der Waals surface area contributed by atoms with Crippen molar-refractivity contribution in [2.24, 2.45) is 0 Å². The molecule has 1 atom stereocenters. The van der Waals surface area contributed by atoms with Gasteiger partial charge in [0.2, 0.25) is 0 Å². The van der Waals surface area contributed by atoms with Gasteiger partial charge in [-0.15, -0.1) is 0 Å². The zero-order valence-electron chi connectivity index (χ0n) is 10.2. The number of carboxylic acid groups (broad SMARTS) is 1. The van der Waals surface area contributed by atoms with Crippen LogP contribution in [0.2, 0.25) is 0 Å². The summed E-state index contributed by atoms with van der Waals surface area (Å²) in [6, 6.07) is 2.55. The van der Waals surface area contributed by atoms with Crippen molar-refractivity contribution in [1.29, 1.82) is 0 Å². The quantitative estimate of drug-likeness (QED) is 0.681. The van der Waals surface area contributed by atoms with Crippen molar-refractivity contribution in [1.82, 2.24) is 4.90 Å². The Morgan fingerprint density at radius 3 is 2.79 bits per heavy atom. The summed E-state index contributed by atoms with van der Waals surface area (Å²) in [7, 11) is 0. The highest BCUT2D eigenvalue weighted by molar-refractivity contribution is 8.26. The van der Waals surface area contributed by atoms with E-state index < -0.39 is 17.9 Å². The minimum Gasteiger partial charge on any atom is -0.480 e. The maximum Gasteiger partial charge on any atom is 0.326 e. The molecule has 2 heterocycles. The van der Waals surface area contributed by atoms with E-state index in [0.717, 1.165) is 22.4 Å². The van der Waals surface area contributed by atoms with Gasteiger partial charge >= 0.3 is 5.97 Å². The van der Waals surface area contributed by atoms with E-state index in [-0.39, 0.29) is 4.32 Å².